The quantitative estimate of drug-likeness (QED) is 0.499. The third-order valence-corrected chi connectivity index (χ3v) is 6.34. The molecule has 6 heteroatoms. The van der Waals surface area contributed by atoms with E-state index in [0.29, 0.717) is 22.4 Å². The van der Waals surface area contributed by atoms with Crippen LogP contribution in [0.25, 0.3) is 22.0 Å². The summed E-state index contributed by atoms with van der Waals surface area (Å²) in [5.41, 5.74) is 2.17. The van der Waals surface area contributed by atoms with Gasteiger partial charge in [-0.05, 0) is 17.7 Å². The lowest BCUT2D eigenvalue weighted by Crippen LogP contribution is -2.11. The van der Waals surface area contributed by atoms with Crippen LogP contribution in [0.3, 0.4) is 0 Å². The first-order valence-electron chi connectivity index (χ1n) is 8.69. The van der Waals surface area contributed by atoms with Gasteiger partial charge in [-0.25, -0.2) is 12.4 Å². The maximum absolute atomic E-state index is 13.4. The Morgan fingerprint density at radius 3 is 2.07 bits per heavy atom. The second kappa shape index (κ2) is 7.05. The minimum atomic E-state index is -3.80. The van der Waals surface area contributed by atoms with Gasteiger partial charge >= 0.3 is 0 Å². The van der Waals surface area contributed by atoms with Crippen LogP contribution in [0.4, 0.5) is 0 Å². The smallest absolute Gasteiger partial charge is 0.268 e. The van der Waals surface area contributed by atoms with Crippen LogP contribution >= 0.6 is 0 Å². The van der Waals surface area contributed by atoms with Gasteiger partial charge in [-0.3, -0.25) is 0 Å². The molecule has 0 spiro atoms. The highest BCUT2D eigenvalue weighted by atomic mass is 32.2. The Hall–Kier alpha value is -3.25. The fourth-order valence-corrected chi connectivity index (χ4v) is 4.67. The van der Waals surface area contributed by atoms with Crippen LogP contribution in [0.5, 0.6) is 11.5 Å². The summed E-state index contributed by atoms with van der Waals surface area (Å²) in [4.78, 5) is 0.216. The van der Waals surface area contributed by atoms with Crippen molar-refractivity contribution in [3.05, 3.63) is 79.0 Å². The van der Waals surface area contributed by atoms with Crippen LogP contribution in [0.1, 0.15) is 0 Å². The van der Waals surface area contributed by atoms with Crippen molar-refractivity contribution in [1.82, 2.24) is 3.97 Å². The molecule has 3 aromatic carbocycles. The van der Waals surface area contributed by atoms with Gasteiger partial charge in [0.1, 0.15) is 11.5 Å². The molecule has 0 fully saturated rings. The molecular formula is C22H19NO4S. The number of benzene rings is 3. The van der Waals surface area contributed by atoms with Gasteiger partial charge in [0.05, 0.1) is 30.0 Å². The molecule has 0 aliphatic carbocycles. The van der Waals surface area contributed by atoms with E-state index in [1.807, 2.05) is 30.3 Å². The van der Waals surface area contributed by atoms with E-state index in [9.17, 15) is 8.42 Å². The van der Waals surface area contributed by atoms with Crippen LogP contribution in [0, 0.1) is 0 Å². The molecule has 0 radical (unpaired) electrons. The maximum atomic E-state index is 13.4. The number of ether oxygens (including phenoxy) is 2. The molecule has 142 valence electrons. The van der Waals surface area contributed by atoms with Crippen molar-refractivity contribution in [3.8, 4) is 22.6 Å². The molecule has 0 N–H and O–H groups in total. The predicted molar refractivity (Wildman–Crippen MR) is 110 cm³/mol. The van der Waals surface area contributed by atoms with Gasteiger partial charge < -0.3 is 9.47 Å². The topological polar surface area (TPSA) is 57.5 Å². The number of hydrogen-bond acceptors (Lipinski definition) is 4. The van der Waals surface area contributed by atoms with E-state index in [2.05, 4.69) is 0 Å². The Bertz CT molecular complexity index is 1230. The molecule has 0 atom stereocenters. The fourth-order valence-electron chi connectivity index (χ4n) is 3.29. The molecule has 0 aliphatic rings. The Morgan fingerprint density at radius 2 is 1.46 bits per heavy atom. The predicted octanol–water partition coefficient (Wildman–Crippen LogP) is 4.56. The van der Waals surface area contributed by atoms with Crippen LogP contribution in [0.15, 0.2) is 83.9 Å². The lowest BCUT2D eigenvalue weighted by atomic mass is 10.0. The number of nitrogens with zero attached hydrogens (tertiary/aromatic N) is 1. The number of hydrogen-bond donors (Lipinski definition) is 0. The number of fused-ring (bicyclic) bond motifs is 1. The molecule has 0 bridgehead atoms. The Morgan fingerprint density at radius 1 is 0.821 bits per heavy atom. The minimum absolute atomic E-state index is 0.216. The van der Waals surface area contributed by atoms with Crippen molar-refractivity contribution in [2.24, 2.45) is 0 Å². The summed E-state index contributed by atoms with van der Waals surface area (Å²) >= 11 is 0. The van der Waals surface area contributed by atoms with Gasteiger partial charge in [-0.2, -0.15) is 0 Å². The molecule has 0 saturated heterocycles. The first-order chi connectivity index (χ1) is 13.6. The van der Waals surface area contributed by atoms with Gasteiger partial charge in [0.25, 0.3) is 10.0 Å². The van der Waals surface area contributed by atoms with Gasteiger partial charge in [0, 0.05) is 23.9 Å². The summed E-state index contributed by atoms with van der Waals surface area (Å²) in [7, 11) is -0.696. The van der Waals surface area contributed by atoms with E-state index in [0.717, 1.165) is 11.1 Å². The van der Waals surface area contributed by atoms with E-state index in [1.165, 1.54) is 11.1 Å². The van der Waals surface area contributed by atoms with Crippen LogP contribution < -0.4 is 9.47 Å². The lowest BCUT2D eigenvalue weighted by Gasteiger charge is -2.10. The molecule has 0 saturated carbocycles. The van der Waals surface area contributed by atoms with E-state index in [1.54, 1.807) is 55.8 Å². The minimum Gasteiger partial charge on any atom is -0.497 e. The SMILES string of the molecule is COc1cc(OC)c2c(-c3ccccc3)cn(S(=O)(=O)c3ccccc3)c2c1. The van der Waals surface area contributed by atoms with E-state index in [-0.39, 0.29) is 4.90 Å². The number of methoxy groups -OCH3 is 2. The van der Waals surface area contributed by atoms with E-state index >= 15 is 0 Å². The van der Waals surface area contributed by atoms with Crippen LogP contribution in [-0.4, -0.2) is 26.6 Å². The zero-order chi connectivity index (χ0) is 19.7. The molecule has 0 aliphatic heterocycles. The van der Waals surface area contributed by atoms with E-state index < -0.39 is 10.0 Å². The largest absolute Gasteiger partial charge is 0.497 e. The maximum Gasteiger partial charge on any atom is 0.268 e. The highest BCUT2D eigenvalue weighted by molar-refractivity contribution is 7.90. The van der Waals surface area contributed by atoms with Crippen molar-refractivity contribution in [2.75, 3.05) is 14.2 Å². The van der Waals surface area contributed by atoms with Crippen molar-refractivity contribution in [1.29, 1.82) is 0 Å². The van der Waals surface area contributed by atoms with Gasteiger partial charge in [-0.15, -0.1) is 0 Å². The third-order valence-electron chi connectivity index (χ3n) is 4.65. The second-order valence-electron chi connectivity index (χ2n) is 6.25. The summed E-state index contributed by atoms with van der Waals surface area (Å²) in [6.07, 6.45) is 1.64. The van der Waals surface area contributed by atoms with Crippen LogP contribution in [0.2, 0.25) is 0 Å². The first-order valence-corrected chi connectivity index (χ1v) is 10.1. The number of rotatable bonds is 5. The van der Waals surface area contributed by atoms with Gasteiger partial charge in [0.15, 0.2) is 0 Å². The summed E-state index contributed by atoms with van der Waals surface area (Å²) in [6, 6.07) is 21.5. The van der Waals surface area contributed by atoms with Crippen LogP contribution in [-0.2, 0) is 10.0 Å². The lowest BCUT2D eigenvalue weighted by molar-refractivity contribution is 0.398. The standard InChI is InChI=1S/C22H19NO4S/c1-26-17-13-20-22(21(14-17)27-2)19(16-9-5-3-6-10-16)15-23(20)28(24,25)18-11-7-4-8-12-18/h3-15H,1-2H3. The van der Waals surface area contributed by atoms with Crippen molar-refractivity contribution in [2.45, 2.75) is 4.90 Å². The third kappa shape index (κ3) is 2.92. The average molecular weight is 393 g/mol. The molecule has 0 unspecified atom stereocenters. The Kier molecular flexibility index (Phi) is 4.57. The average Bonchev–Trinajstić information content (AvgIpc) is 3.14. The first kappa shape index (κ1) is 18.1. The molecule has 4 aromatic rings. The van der Waals surface area contributed by atoms with E-state index in [4.69, 9.17) is 9.47 Å². The molecular weight excluding hydrogens is 374 g/mol. The zero-order valence-electron chi connectivity index (χ0n) is 15.5. The fraction of sp³-hybridized carbons (Fsp3) is 0.0909. The van der Waals surface area contributed by atoms with Crippen molar-refractivity contribution >= 4 is 20.9 Å². The molecule has 1 aromatic heterocycles. The Labute approximate surface area is 163 Å². The summed E-state index contributed by atoms with van der Waals surface area (Å²) < 4.78 is 39.0. The van der Waals surface area contributed by atoms with Gasteiger partial charge in [0.2, 0.25) is 0 Å². The highest BCUT2D eigenvalue weighted by Crippen LogP contribution is 2.41. The Balaban J connectivity index is 2.10. The van der Waals surface area contributed by atoms with Gasteiger partial charge in [-0.1, -0.05) is 48.5 Å². The molecule has 5 nitrogen and oxygen atoms in total. The normalized spacial score (nSPS) is 11.5. The summed E-state index contributed by atoms with van der Waals surface area (Å²) in [6.45, 7) is 0. The second-order valence-corrected chi connectivity index (χ2v) is 8.06. The monoisotopic (exact) mass is 393 g/mol. The highest BCUT2D eigenvalue weighted by Gasteiger charge is 2.24. The number of aromatic nitrogens is 1. The molecule has 4 rings (SSSR count). The van der Waals surface area contributed by atoms with Crippen molar-refractivity contribution < 1.29 is 17.9 Å². The summed E-state index contributed by atoms with van der Waals surface area (Å²) in [5, 5.41) is 0.717. The summed E-state index contributed by atoms with van der Waals surface area (Å²) in [5.74, 6) is 1.07. The van der Waals surface area contributed by atoms with Crippen molar-refractivity contribution in [3.63, 3.8) is 0 Å². The molecule has 28 heavy (non-hydrogen) atoms. The zero-order valence-corrected chi connectivity index (χ0v) is 16.3. The molecule has 0 amide bonds. The molecule has 1 heterocycles.